The SMILES string of the molecule is N=S1C=C[C]=C1c1ccco1. The van der Waals surface area contributed by atoms with Crippen molar-refractivity contribution in [3.8, 4) is 0 Å². The second kappa shape index (κ2) is 2.51. The number of nitrogens with one attached hydrogen (secondary N) is 1. The van der Waals surface area contributed by atoms with E-state index in [4.69, 9.17) is 9.20 Å². The van der Waals surface area contributed by atoms with Gasteiger partial charge in [-0.15, -0.1) is 0 Å². The second-order valence-electron chi connectivity index (χ2n) is 2.09. The van der Waals surface area contributed by atoms with Gasteiger partial charge in [-0.1, -0.05) is 0 Å². The molecule has 0 bridgehead atoms. The van der Waals surface area contributed by atoms with Crippen LogP contribution in [0.2, 0.25) is 0 Å². The van der Waals surface area contributed by atoms with Crippen molar-refractivity contribution in [2.24, 2.45) is 0 Å². The van der Waals surface area contributed by atoms with Crippen LogP contribution >= 0.6 is 0 Å². The van der Waals surface area contributed by atoms with Gasteiger partial charge in [-0.3, -0.25) is 4.78 Å². The Morgan fingerprint density at radius 3 is 3.00 bits per heavy atom. The first-order valence-corrected chi connectivity index (χ1v) is 4.45. The van der Waals surface area contributed by atoms with Crippen molar-refractivity contribution in [2.45, 2.75) is 0 Å². The van der Waals surface area contributed by atoms with E-state index >= 15 is 0 Å². The second-order valence-corrected chi connectivity index (χ2v) is 3.45. The number of hydrogen-bond donors (Lipinski definition) is 1. The first-order valence-electron chi connectivity index (χ1n) is 3.16. The normalized spacial score (nSPS) is 22.2. The molecule has 1 unspecified atom stereocenters. The molecular weight excluding hydrogens is 158 g/mol. The van der Waals surface area contributed by atoms with Crippen LogP contribution in [0.1, 0.15) is 5.76 Å². The van der Waals surface area contributed by atoms with E-state index in [9.17, 15) is 0 Å². The molecule has 0 aromatic carbocycles. The molecule has 55 valence electrons. The Hall–Kier alpha value is -1.09. The highest BCUT2D eigenvalue weighted by atomic mass is 32.2. The number of hydrogen-bond acceptors (Lipinski definition) is 2. The Morgan fingerprint density at radius 1 is 1.55 bits per heavy atom. The standard InChI is InChI=1S/C8H6NOS/c9-11-6-2-4-8(11)7-3-1-5-10-7/h1-3,5-6,9H. The van der Waals surface area contributed by atoms with Gasteiger partial charge in [0.15, 0.2) is 0 Å². The van der Waals surface area contributed by atoms with Gasteiger partial charge in [-0.25, -0.2) is 0 Å². The van der Waals surface area contributed by atoms with Crippen molar-refractivity contribution in [3.63, 3.8) is 0 Å². The predicted octanol–water partition coefficient (Wildman–Crippen LogP) is 2.33. The molecule has 1 aliphatic heterocycles. The zero-order chi connectivity index (χ0) is 7.68. The van der Waals surface area contributed by atoms with E-state index in [0.717, 1.165) is 10.7 Å². The molecule has 0 aliphatic carbocycles. The number of furan rings is 1. The van der Waals surface area contributed by atoms with Crippen molar-refractivity contribution in [1.82, 2.24) is 0 Å². The van der Waals surface area contributed by atoms with E-state index in [1.807, 2.05) is 12.1 Å². The largest absolute Gasteiger partial charge is 0.464 e. The number of allylic oxidation sites excluding steroid dienone is 2. The van der Waals surface area contributed by atoms with Crippen LogP contribution in [-0.4, -0.2) is 0 Å². The van der Waals surface area contributed by atoms with E-state index in [-0.39, 0.29) is 0 Å². The monoisotopic (exact) mass is 164 g/mol. The van der Waals surface area contributed by atoms with E-state index in [1.54, 1.807) is 17.7 Å². The van der Waals surface area contributed by atoms with Crippen molar-refractivity contribution in [1.29, 1.82) is 4.78 Å². The van der Waals surface area contributed by atoms with Gasteiger partial charge in [-0.2, -0.15) is 0 Å². The van der Waals surface area contributed by atoms with Gasteiger partial charge in [0, 0.05) is 6.08 Å². The lowest BCUT2D eigenvalue weighted by Crippen LogP contribution is -1.81. The Kier molecular flexibility index (Phi) is 1.51. The molecule has 0 saturated heterocycles. The van der Waals surface area contributed by atoms with Gasteiger partial charge in [0.05, 0.1) is 11.2 Å². The summed E-state index contributed by atoms with van der Waals surface area (Å²) in [5.74, 6) is 0.758. The summed E-state index contributed by atoms with van der Waals surface area (Å²) in [6.45, 7) is 0. The molecule has 0 fully saturated rings. The highest BCUT2D eigenvalue weighted by molar-refractivity contribution is 7.98. The van der Waals surface area contributed by atoms with Crippen LogP contribution in [0, 0.1) is 10.9 Å². The van der Waals surface area contributed by atoms with Crippen molar-refractivity contribution >= 4 is 15.6 Å². The average molecular weight is 164 g/mol. The van der Waals surface area contributed by atoms with Gasteiger partial charge in [0.25, 0.3) is 0 Å². The Bertz CT molecular complexity index is 335. The highest BCUT2D eigenvalue weighted by Gasteiger charge is 2.09. The summed E-state index contributed by atoms with van der Waals surface area (Å²) in [4.78, 5) is 0.843. The minimum atomic E-state index is -0.559. The zero-order valence-corrected chi connectivity index (χ0v) is 6.52. The van der Waals surface area contributed by atoms with Crippen LogP contribution in [0.25, 0.3) is 4.91 Å². The number of rotatable bonds is 1. The fraction of sp³-hybridized carbons (Fsp3) is 0. The van der Waals surface area contributed by atoms with Crippen LogP contribution in [0.15, 0.2) is 34.3 Å². The van der Waals surface area contributed by atoms with Crippen LogP contribution in [0.3, 0.4) is 0 Å². The first kappa shape index (κ1) is 6.61. The van der Waals surface area contributed by atoms with Crippen LogP contribution in [0.5, 0.6) is 0 Å². The highest BCUT2D eigenvalue weighted by Crippen LogP contribution is 2.23. The third kappa shape index (κ3) is 1.07. The molecule has 2 rings (SSSR count). The average Bonchev–Trinajstić information content (AvgIpc) is 2.55. The molecule has 1 aromatic heterocycles. The van der Waals surface area contributed by atoms with Crippen LogP contribution < -0.4 is 0 Å². The summed E-state index contributed by atoms with van der Waals surface area (Å²) >= 11 is 0. The van der Waals surface area contributed by atoms with E-state index in [0.29, 0.717) is 0 Å². The van der Waals surface area contributed by atoms with Gasteiger partial charge >= 0.3 is 0 Å². The van der Waals surface area contributed by atoms with E-state index in [1.165, 1.54) is 0 Å². The maximum Gasteiger partial charge on any atom is 0.142 e. The lowest BCUT2D eigenvalue weighted by atomic mass is 10.4. The molecule has 1 atom stereocenters. The molecule has 1 aliphatic rings. The van der Waals surface area contributed by atoms with Gasteiger partial charge in [0.2, 0.25) is 0 Å². The lowest BCUT2D eigenvalue weighted by molar-refractivity contribution is 0.555. The molecule has 3 heteroatoms. The Balaban J connectivity index is 2.40. The minimum Gasteiger partial charge on any atom is -0.464 e. The van der Waals surface area contributed by atoms with Crippen molar-refractivity contribution < 1.29 is 4.42 Å². The summed E-state index contributed by atoms with van der Waals surface area (Å²) in [6.07, 6.45) is 6.36. The fourth-order valence-electron chi connectivity index (χ4n) is 0.897. The Morgan fingerprint density at radius 2 is 2.45 bits per heavy atom. The molecule has 0 spiro atoms. The zero-order valence-electron chi connectivity index (χ0n) is 5.70. The summed E-state index contributed by atoms with van der Waals surface area (Å²) in [6, 6.07) is 3.67. The predicted molar refractivity (Wildman–Crippen MR) is 44.6 cm³/mol. The molecule has 1 radical (unpaired) electrons. The van der Waals surface area contributed by atoms with Gasteiger partial charge < -0.3 is 4.42 Å². The maximum absolute atomic E-state index is 7.55. The summed E-state index contributed by atoms with van der Waals surface area (Å²) in [5, 5.41) is 1.80. The fourth-order valence-corrected chi connectivity index (χ4v) is 1.76. The molecule has 1 N–H and O–H groups in total. The summed E-state index contributed by atoms with van der Waals surface area (Å²) < 4.78 is 12.7. The summed E-state index contributed by atoms with van der Waals surface area (Å²) in [7, 11) is -0.559. The molecule has 11 heavy (non-hydrogen) atoms. The molecular formula is C8H6NOS. The molecule has 0 amide bonds. The van der Waals surface area contributed by atoms with Crippen molar-refractivity contribution in [3.05, 3.63) is 41.7 Å². The maximum atomic E-state index is 7.55. The van der Waals surface area contributed by atoms with Gasteiger partial charge in [0.1, 0.15) is 5.76 Å². The molecule has 0 saturated carbocycles. The smallest absolute Gasteiger partial charge is 0.142 e. The first-order chi connectivity index (χ1) is 5.38. The van der Waals surface area contributed by atoms with Crippen molar-refractivity contribution in [2.75, 3.05) is 0 Å². The molecule has 2 heterocycles. The van der Waals surface area contributed by atoms with Crippen LogP contribution in [-0.2, 0) is 10.7 Å². The summed E-state index contributed by atoms with van der Waals surface area (Å²) in [5.41, 5.74) is 0. The topological polar surface area (TPSA) is 37.0 Å². The Labute approximate surface area is 67.1 Å². The molecule has 2 nitrogen and oxygen atoms in total. The quantitative estimate of drug-likeness (QED) is 0.679. The lowest BCUT2D eigenvalue weighted by Gasteiger charge is -1.95. The minimum absolute atomic E-state index is 0.559. The molecule has 1 aromatic rings. The third-order valence-electron chi connectivity index (χ3n) is 1.38. The van der Waals surface area contributed by atoms with Crippen LogP contribution in [0.4, 0.5) is 0 Å². The van der Waals surface area contributed by atoms with E-state index in [2.05, 4.69) is 6.08 Å². The van der Waals surface area contributed by atoms with E-state index < -0.39 is 10.7 Å². The third-order valence-corrected chi connectivity index (χ3v) is 2.55. The van der Waals surface area contributed by atoms with Gasteiger partial charge in [-0.05, 0) is 34.3 Å².